The van der Waals surface area contributed by atoms with E-state index in [9.17, 15) is 0 Å². The summed E-state index contributed by atoms with van der Waals surface area (Å²) in [7, 11) is 1.92. The van der Waals surface area contributed by atoms with Crippen LogP contribution in [0.15, 0.2) is 30.6 Å². The summed E-state index contributed by atoms with van der Waals surface area (Å²) in [5.41, 5.74) is 0. The molecule has 0 aliphatic rings. The summed E-state index contributed by atoms with van der Waals surface area (Å²) in [4.78, 5) is 11.7. The minimum absolute atomic E-state index is 0.809. The number of nitrogens with zero attached hydrogens (tertiary/aromatic N) is 2. The molecule has 5 heteroatoms. The Morgan fingerprint density at radius 2 is 2.31 bits per heavy atom. The number of hydrogen-bond donors (Lipinski definition) is 3. The molecule has 0 bridgehead atoms. The van der Waals surface area contributed by atoms with E-state index in [0.29, 0.717) is 0 Å². The third-order valence-corrected chi connectivity index (χ3v) is 2.16. The smallest absolute Gasteiger partial charge is 0.135 e. The van der Waals surface area contributed by atoms with Crippen LogP contribution in [0.3, 0.4) is 0 Å². The lowest BCUT2D eigenvalue weighted by molar-refractivity contribution is 0.756. The van der Waals surface area contributed by atoms with Crippen LogP contribution in [0.25, 0.3) is 0 Å². The zero-order chi connectivity index (χ0) is 11.2. The minimum Gasteiger partial charge on any atom is -0.348 e. The molecular formula is C11H15N5. The highest BCUT2D eigenvalue weighted by Crippen LogP contribution is 2.10. The van der Waals surface area contributed by atoms with Gasteiger partial charge in [0.05, 0.1) is 0 Å². The molecule has 0 spiro atoms. The Bertz CT molecular complexity index is 424. The van der Waals surface area contributed by atoms with E-state index >= 15 is 0 Å². The number of nitrogens with one attached hydrogen (secondary N) is 3. The third-order valence-electron chi connectivity index (χ3n) is 2.16. The van der Waals surface area contributed by atoms with Gasteiger partial charge in [0.25, 0.3) is 0 Å². The fourth-order valence-corrected chi connectivity index (χ4v) is 1.37. The standard InChI is InChI=1S/C11H15N5/c1-12-7-4-10-14-8-5-11(16-10)15-9-3-2-6-13-9/h2-3,5-6,8,12-13H,4,7H2,1H3,(H,14,15,16). The molecule has 2 aromatic heterocycles. The van der Waals surface area contributed by atoms with Gasteiger partial charge >= 0.3 is 0 Å². The molecule has 0 aliphatic carbocycles. The summed E-state index contributed by atoms with van der Waals surface area (Å²) >= 11 is 0. The van der Waals surface area contributed by atoms with Crippen LogP contribution in [0.2, 0.25) is 0 Å². The lowest BCUT2D eigenvalue weighted by atomic mass is 10.4. The molecule has 2 heterocycles. The number of H-pyrrole nitrogens is 1. The molecule has 2 aromatic rings. The largest absolute Gasteiger partial charge is 0.348 e. The molecule has 0 saturated heterocycles. The van der Waals surface area contributed by atoms with Crippen LogP contribution >= 0.6 is 0 Å². The van der Waals surface area contributed by atoms with Crippen molar-refractivity contribution in [1.29, 1.82) is 0 Å². The Balaban J connectivity index is 2.04. The SMILES string of the molecule is CNCCc1nccc(Nc2ccc[nH]2)n1. The van der Waals surface area contributed by atoms with Crippen molar-refractivity contribution >= 4 is 11.6 Å². The van der Waals surface area contributed by atoms with Gasteiger partial charge < -0.3 is 15.6 Å². The highest BCUT2D eigenvalue weighted by atomic mass is 15.1. The van der Waals surface area contributed by atoms with Gasteiger partial charge in [0.1, 0.15) is 17.5 Å². The number of aromatic amines is 1. The first-order chi connectivity index (χ1) is 7.88. The topological polar surface area (TPSA) is 65.6 Å². The first-order valence-corrected chi connectivity index (χ1v) is 5.25. The van der Waals surface area contributed by atoms with Crippen LogP contribution in [0.1, 0.15) is 5.82 Å². The van der Waals surface area contributed by atoms with Gasteiger partial charge in [0, 0.05) is 25.4 Å². The zero-order valence-electron chi connectivity index (χ0n) is 9.20. The van der Waals surface area contributed by atoms with Gasteiger partial charge in [-0.3, -0.25) is 0 Å². The van der Waals surface area contributed by atoms with Crippen molar-refractivity contribution in [1.82, 2.24) is 20.3 Å². The first-order valence-electron chi connectivity index (χ1n) is 5.25. The Labute approximate surface area is 94.3 Å². The van der Waals surface area contributed by atoms with Crippen molar-refractivity contribution in [2.75, 3.05) is 18.9 Å². The number of likely N-dealkylation sites (N-methyl/N-ethyl adjacent to an activating group) is 1. The van der Waals surface area contributed by atoms with Crippen LogP contribution in [0.5, 0.6) is 0 Å². The average Bonchev–Trinajstić information content (AvgIpc) is 2.80. The Hall–Kier alpha value is -1.88. The van der Waals surface area contributed by atoms with Crippen molar-refractivity contribution in [3.8, 4) is 0 Å². The molecule has 0 amide bonds. The van der Waals surface area contributed by atoms with Crippen LogP contribution in [0, 0.1) is 0 Å². The Morgan fingerprint density at radius 3 is 3.06 bits per heavy atom. The van der Waals surface area contributed by atoms with Crippen LogP contribution in [0.4, 0.5) is 11.6 Å². The normalized spacial score (nSPS) is 10.3. The van der Waals surface area contributed by atoms with Gasteiger partial charge in [-0.05, 0) is 25.2 Å². The fraction of sp³-hybridized carbons (Fsp3) is 0.273. The van der Waals surface area contributed by atoms with E-state index in [1.807, 2.05) is 31.4 Å². The van der Waals surface area contributed by atoms with Gasteiger partial charge in [0.15, 0.2) is 0 Å². The van der Waals surface area contributed by atoms with Crippen LogP contribution in [-0.4, -0.2) is 28.5 Å². The van der Waals surface area contributed by atoms with Gasteiger partial charge in [-0.25, -0.2) is 9.97 Å². The number of hydrogen-bond acceptors (Lipinski definition) is 4. The van der Waals surface area contributed by atoms with Crippen LogP contribution < -0.4 is 10.6 Å². The van der Waals surface area contributed by atoms with E-state index in [2.05, 4.69) is 25.6 Å². The van der Waals surface area contributed by atoms with E-state index in [0.717, 1.165) is 30.4 Å². The summed E-state index contributed by atoms with van der Waals surface area (Å²) in [6, 6.07) is 5.74. The highest BCUT2D eigenvalue weighted by molar-refractivity contribution is 5.50. The summed E-state index contributed by atoms with van der Waals surface area (Å²) in [5.74, 6) is 2.58. The van der Waals surface area contributed by atoms with E-state index in [-0.39, 0.29) is 0 Å². The molecule has 0 radical (unpaired) electrons. The van der Waals surface area contributed by atoms with Crippen molar-refractivity contribution in [3.63, 3.8) is 0 Å². The maximum atomic E-state index is 4.40. The summed E-state index contributed by atoms with van der Waals surface area (Å²) in [6.45, 7) is 0.881. The Morgan fingerprint density at radius 1 is 1.38 bits per heavy atom. The maximum Gasteiger partial charge on any atom is 0.135 e. The molecule has 0 aromatic carbocycles. The quantitative estimate of drug-likeness (QED) is 0.706. The van der Waals surface area contributed by atoms with E-state index < -0.39 is 0 Å². The minimum atomic E-state index is 0.809. The first kappa shape index (κ1) is 10.6. The highest BCUT2D eigenvalue weighted by Gasteiger charge is 1.99. The molecule has 0 unspecified atom stereocenters. The second-order valence-electron chi connectivity index (χ2n) is 3.42. The van der Waals surface area contributed by atoms with Crippen molar-refractivity contribution in [3.05, 3.63) is 36.4 Å². The van der Waals surface area contributed by atoms with Crippen LogP contribution in [-0.2, 0) is 6.42 Å². The van der Waals surface area contributed by atoms with E-state index in [1.165, 1.54) is 0 Å². The van der Waals surface area contributed by atoms with E-state index in [1.54, 1.807) is 6.20 Å². The average molecular weight is 217 g/mol. The molecule has 84 valence electrons. The monoisotopic (exact) mass is 217 g/mol. The molecule has 0 saturated carbocycles. The second kappa shape index (κ2) is 5.27. The van der Waals surface area contributed by atoms with Crippen molar-refractivity contribution in [2.45, 2.75) is 6.42 Å². The molecular weight excluding hydrogens is 202 g/mol. The summed E-state index contributed by atoms with van der Waals surface area (Å²) in [5, 5.41) is 6.25. The van der Waals surface area contributed by atoms with Crippen molar-refractivity contribution in [2.24, 2.45) is 0 Å². The molecule has 16 heavy (non-hydrogen) atoms. The molecule has 5 nitrogen and oxygen atoms in total. The zero-order valence-corrected chi connectivity index (χ0v) is 9.20. The third kappa shape index (κ3) is 2.80. The number of aromatic nitrogens is 3. The van der Waals surface area contributed by atoms with Gasteiger partial charge in [0.2, 0.25) is 0 Å². The molecule has 0 fully saturated rings. The van der Waals surface area contributed by atoms with E-state index in [4.69, 9.17) is 0 Å². The maximum absolute atomic E-state index is 4.40. The molecule has 0 aliphatic heterocycles. The molecule has 3 N–H and O–H groups in total. The number of anilines is 2. The second-order valence-corrected chi connectivity index (χ2v) is 3.42. The molecule has 0 atom stereocenters. The number of rotatable bonds is 5. The fourth-order valence-electron chi connectivity index (χ4n) is 1.37. The van der Waals surface area contributed by atoms with Gasteiger partial charge in [-0.1, -0.05) is 0 Å². The van der Waals surface area contributed by atoms with Gasteiger partial charge in [-0.2, -0.15) is 0 Å². The molecule has 2 rings (SSSR count). The lowest BCUT2D eigenvalue weighted by Gasteiger charge is -2.04. The summed E-state index contributed by atoms with van der Waals surface area (Å²) < 4.78 is 0. The predicted octanol–water partition coefficient (Wildman–Crippen LogP) is 1.31. The van der Waals surface area contributed by atoms with Crippen molar-refractivity contribution < 1.29 is 0 Å². The van der Waals surface area contributed by atoms with Gasteiger partial charge in [-0.15, -0.1) is 0 Å². The predicted molar refractivity (Wildman–Crippen MR) is 63.7 cm³/mol. The Kier molecular flexibility index (Phi) is 3.50. The lowest BCUT2D eigenvalue weighted by Crippen LogP contribution is -2.12. The summed E-state index contributed by atoms with van der Waals surface area (Å²) in [6.07, 6.45) is 4.46.